The van der Waals surface area contributed by atoms with Crippen molar-refractivity contribution in [1.29, 1.82) is 0 Å². The number of amides is 1. The Morgan fingerprint density at radius 1 is 1.41 bits per heavy atom. The molecule has 0 saturated heterocycles. The molecule has 0 aliphatic heterocycles. The molecule has 7 nitrogen and oxygen atoms in total. The van der Waals surface area contributed by atoms with E-state index in [9.17, 15) is 20.0 Å². The Balaban J connectivity index is 1.77. The maximum Gasteiger partial charge on any atom is 0.310 e. The largest absolute Gasteiger partial charge is 0.502 e. The van der Waals surface area contributed by atoms with E-state index in [1.54, 1.807) is 18.0 Å². The van der Waals surface area contributed by atoms with E-state index in [0.29, 0.717) is 12.3 Å². The van der Waals surface area contributed by atoms with Gasteiger partial charge in [-0.05, 0) is 24.3 Å². The lowest BCUT2D eigenvalue weighted by Crippen LogP contribution is -2.25. The molecule has 0 bridgehead atoms. The molecule has 0 spiro atoms. The zero-order chi connectivity index (χ0) is 15.9. The average molecular weight is 322 g/mol. The molecule has 0 atom stereocenters. The Morgan fingerprint density at radius 3 is 2.86 bits per heavy atom. The van der Waals surface area contributed by atoms with Crippen molar-refractivity contribution < 1.29 is 19.2 Å². The van der Waals surface area contributed by atoms with Crippen LogP contribution in [0.1, 0.15) is 16.1 Å². The molecule has 2 N–H and O–H groups in total. The van der Waals surface area contributed by atoms with Gasteiger partial charge in [0.25, 0.3) is 5.91 Å². The molecule has 1 amide bonds. The monoisotopic (exact) mass is 322 g/mol. The van der Waals surface area contributed by atoms with Crippen LogP contribution >= 0.6 is 11.8 Å². The lowest BCUT2D eigenvalue weighted by molar-refractivity contribution is -0.385. The summed E-state index contributed by atoms with van der Waals surface area (Å²) in [7, 11) is 0. The number of nitro benzene ring substituents is 1. The number of furan rings is 1. The minimum absolute atomic E-state index is 0.180. The van der Waals surface area contributed by atoms with Gasteiger partial charge >= 0.3 is 5.69 Å². The first-order valence-corrected chi connectivity index (χ1v) is 7.59. The van der Waals surface area contributed by atoms with Crippen molar-refractivity contribution in [3.63, 3.8) is 0 Å². The number of carbonyl (C=O) groups excluding carboxylic acids is 1. The average Bonchev–Trinajstić information content (AvgIpc) is 2.99. The highest BCUT2D eigenvalue weighted by Crippen LogP contribution is 2.26. The first-order chi connectivity index (χ1) is 10.6. The van der Waals surface area contributed by atoms with E-state index < -0.39 is 16.4 Å². The van der Waals surface area contributed by atoms with Gasteiger partial charge < -0.3 is 14.8 Å². The van der Waals surface area contributed by atoms with Gasteiger partial charge in [0, 0.05) is 23.9 Å². The third-order valence-electron chi connectivity index (χ3n) is 2.79. The number of nitro groups is 1. The smallest absolute Gasteiger partial charge is 0.310 e. The Morgan fingerprint density at radius 2 is 2.23 bits per heavy atom. The van der Waals surface area contributed by atoms with Crippen LogP contribution in [0.5, 0.6) is 5.75 Å². The summed E-state index contributed by atoms with van der Waals surface area (Å²) < 4.78 is 5.18. The van der Waals surface area contributed by atoms with Crippen LogP contribution in [0.15, 0.2) is 41.0 Å². The second-order valence-corrected chi connectivity index (χ2v) is 5.45. The predicted octanol–water partition coefficient (Wildman–Crippen LogP) is 2.56. The number of hydrogen-bond acceptors (Lipinski definition) is 6. The molecule has 1 aromatic carbocycles. The number of rotatable bonds is 7. The summed E-state index contributed by atoms with van der Waals surface area (Å²) in [6.07, 6.45) is 1.61. The van der Waals surface area contributed by atoms with Crippen molar-refractivity contribution in [1.82, 2.24) is 5.32 Å². The number of thioether (sulfide) groups is 1. The fourth-order valence-corrected chi connectivity index (χ4v) is 2.48. The SMILES string of the molecule is O=C(NCCSCc1ccco1)c1ccc([N+](=O)[O-])c(O)c1. The Hall–Kier alpha value is -2.48. The molecular weight excluding hydrogens is 308 g/mol. The number of nitrogens with zero attached hydrogens (tertiary/aromatic N) is 1. The van der Waals surface area contributed by atoms with Crippen LogP contribution in [-0.4, -0.2) is 28.2 Å². The summed E-state index contributed by atoms with van der Waals surface area (Å²) in [6.45, 7) is 0.446. The Bertz CT molecular complexity index is 657. The van der Waals surface area contributed by atoms with E-state index in [0.717, 1.165) is 23.6 Å². The van der Waals surface area contributed by atoms with Crippen molar-refractivity contribution in [2.24, 2.45) is 0 Å². The van der Waals surface area contributed by atoms with Crippen LogP contribution in [0, 0.1) is 10.1 Å². The molecule has 2 rings (SSSR count). The number of aromatic hydroxyl groups is 1. The van der Waals surface area contributed by atoms with Gasteiger partial charge in [-0.25, -0.2) is 0 Å². The van der Waals surface area contributed by atoms with Gasteiger partial charge in [0.1, 0.15) is 5.76 Å². The highest BCUT2D eigenvalue weighted by atomic mass is 32.2. The van der Waals surface area contributed by atoms with Gasteiger partial charge in [-0.3, -0.25) is 14.9 Å². The zero-order valence-corrected chi connectivity index (χ0v) is 12.3. The Labute approximate surface area is 130 Å². The molecule has 0 aliphatic carbocycles. The first-order valence-electron chi connectivity index (χ1n) is 6.43. The molecule has 0 aliphatic rings. The molecule has 0 radical (unpaired) electrons. The van der Waals surface area contributed by atoms with Crippen molar-refractivity contribution in [3.8, 4) is 5.75 Å². The van der Waals surface area contributed by atoms with Gasteiger partial charge in [-0.1, -0.05) is 0 Å². The lowest BCUT2D eigenvalue weighted by atomic mass is 10.2. The molecule has 1 aromatic heterocycles. The summed E-state index contributed by atoms with van der Waals surface area (Å²) in [5.41, 5.74) is -0.246. The number of phenols is 1. The molecule has 8 heteroatoms. The van der Waals surface area contributed by atoms with Crippen LogP contribution in [0.25, 0.3) is 0 Å². The third kappa shape index (κ3) is 4.26. The second-order valence-electron chi connectivity index (χ2n) is 4.35. The Kier molecular flexibility index (Phi) is 5.42. The maximum atomic E-state index is 11.9. The van der Waals surface area contributed by atoms with Crippen LogP contribution in [-0.2, 0) is 5.75 Å². The minimum atomic E-state index is -0.706. The van der Waals surface area contributed by atoms with E-state index in [4.69, 9.17) is 4.42 Å². The summed E-state index contributed by atoms with van der Waals surface area (Å²) in [6, 6.07) is 7.20. The molecule has 2 aromatic rings. The summed E-state index contributed by atoms with van der Waals surface area (Å²) >= 11 is 1.61. The fourth-order valence-electron chi connectivity index (χ4n) is 1.73. The fraction of sp³-hybridized carbons (Fsp3) is 0.214. The number of hydrogen-bond donors (Lipinski definition) is 2. The van der Waals surface area contributed by atoms with E-state index in [1.165, 1.54) is 6.07 Å². The maximum absolute atomic E-state index is 11.9. The number of carbonyl (C=O) groups is 1. The molecule has 0 fully saturated rings. The van der Waals surface area contributed by atoms with E-state index >= 15 is 0 Å². The third-order valence-corrected chi connectivity index (χ3v) is 3.77. The molecular formula is C14H14N2O5S. The van der Waals surface area contributed by atoms with Gasteiger partial charge in [-0.15, -0.1) is 0 Å². The summed E-state index contributed by atoms with van der Waals surface area (Å²) in [5.74, 6) is 1.39. The lowest BCUT2D eigenvalue weighted by Gasteiger charge is -2.05. The number of phenolic OH excluding ortho intramolecular Hbond substituents is 1. The minimum Gasteiger partial charge on any atom is -0.502 e. The predicted molar refractivity (Wildman–Crippen MR) is 82.0 cm³/mol. The standard InChI is InChI=1S/C14H14N2O5S/c17-13-8-10(3-4-12(13)16(19)20)14(18)15-5-7-22-9-11-2-1-6-21-11/h1-4,6,8,17H,5,7,9H2,(H,15,18). The highest BCUT2D eigenvalue weighted by molar-refractivity contribution is 7.98. The van der Waals surface area contributed by atoms with Gasteiger partial charge in [0.05, 0.1) is 16.9 Å². The normalized spacial score (nSPS) is 10.4. The van der Waals surface area contributed by atoms with Crippen LogP contribution in [0.2, 0.25) is 0 Å². The van der Waals surface area contributed by atoms with E-state index in [-0.39, 0.29) is 11.5 Å². The quantitative estimate of drug-likeness (QED) is 0.461. The molecule has 1 heterocycles. The summed E-state index contributed by atoms with van der Waals surface area (Å²) in [4.78, 5) is 21.7. The van der Waals surface area contributed by atoms with Crippen molar-refractivity contribution in [2.45, 2.75) is 5.75 Å². The highest BCUT2D eigenvalue weighted by Gasteiger charge is 2.15. The molecule has 0 unspecified atom stereocenters. The molecule has 22 heavy (non-hydrogen) atoms. The molecule has 116 valence electrons. The number of benzene rings is 1. The van der Waals surface area contributed by atoms with Crippen molar-refractivity contribution in [3.05, 3.63) is 58.0 Å². The van der Waals surface area contributed by atoms with Crippen LogP contribution in [0.4, 0.5) is 5.69 Å². The zero-order valence-electron chi connectivity index (χ0n) is 11.5. The first kappa shape index (κ1) is 15.9. The topological polar surface area (TPSA) is 106 Å². The van der Waals surface area contributed by atoms with Crippen LogP contribution < -0.4 is 5.32 Å². The number of nitrogens with one attached hydrogen (secondary N) is 1. The van der Waals surface area contributed by atoms with Crippen LogP contribution in [0.3, 0.4) is 0 Å². The van der Waals surface area contributed by atoms with Gasteiger partial charge in [0.2, 0.25) is 0 Å². The summed E-state index contributed by atoms with van der Waals surface area (Å²) in [5, 5.41) is 22.8. The van der Waals surface area contributed by atoms with Crippen molar-refractivity contribution >= 4 is 23.4 Å². The van der Waals surface area contributed by atoms with E-state index in [1.807, 2.05) is 12.1 Å². The molecule has 0 saturated carbocycles. The second kappa shape index (κ2) is 7.51. The van der Waals surface area contributed by atoms with E-state index in [2.05, 4.69) is 5.32 Å². The van der Waals surface area contributed by atoms with Gasteiger partial charge in [-0.2, -0.15) is 11.8 Å². The van der Waals surface area contributed by atoms with Gasteiger partial charge in [0.15, 0.2) is 5.75 Å². The van der Waals surface area contributed by atoms with Crippen molar-refractivity contribution in [2.75, 3.05) is 12.3 Å².